The monoisotopic (exact) mass is 575 g/mol. The minimum absolute atomic E-state index is 0.161. The Morgan fingerprint density at radius 2 is 1.89 bits per heavy atom. The Hall–Kier alpha value is -4.08. The number of anilines is 2. The fourth-order valence-corrected chi connectivity index (χ4v) is 4.64. The van der Waals surface area contributed by atoms with E-state index in [1.807, 2.05) is 54.6 Å². The van der Waals surface area contributed by atoms with Crippen molar-refractivity contribution in [1.82, 2.24) is 14.6 Å². The number of aromatic nitrogens is 3. The van der Waals surface area contributed by atoms with Gasteiger partial charge in [-0.15, -0.1) is 0 Å². The van der Waals surface area contributed by atoms with Crippen LogP contribution in [0.3, 0.4) is 0 Å². The van der Waals surface area contributed by atoms with Gasteiger partial charge in [-0.3, -0.25) is 4.79 Å². The van der Waals surface area contributed by atoms with Gasteiger partial charge in [-0.1, -0.05) is 41.9 Å². The molecule has 0 radical (unpaired) electrons. The first-order valence-electron chi connectivity index (χ1n) is 11.4. The van der Waals surface area contributed by atoms with Gasteiger partial charge in [0.15, 0.2) is 17.1 Å². The van der Waals surface area contributed by atoms with Crippen molar-refractivity contribution in [2.24, 2.45) is 0 Å². The molecule has 37 heavy (non-hydrogen) atoms. The molecule has 0 atom stereocenters. The van der Waals surface area contributed by atoms with Crippen LogP contribution in [0.25, 0.3) is 16.9 Å². The maximum atomic E-state index is 12.8. The zero-order valence-corrected chi connectivity index (χ0v) is 21.6. The van der Waals surface area contributed by atoms with Crippen LogP contribution in [0.2, 0.25) is 5.02 Å². The topological polar surface area (TPSA) is 89.8 Å². The standard InChI is InChI=1S/C27H19BrClN5O3/c28-20-14-31-34-25(12-22(33-26(20)34)19-6-1-2-7-21(19)29)30-13-16-4-3-5-18(10-16)32-27(35)17-8-9-23-24(11-17)37-15-36-23/h1-12,14,30H,13,15H2,(H,32,35). The number of ether oxygens (including phenoxy) is 2. The Balaban J connectivity index is 1.22. The Morgan fingerprint density at radius 1 is 1.03 bits per heavy atom. The van der Waals surface area contributed by atoms with Crippen molar-refractivity contribution in [2.75, 3.05) is 17.4 Å². The lowest BCUT2D eigenvalue weighted by Gasteiger charge is -2.13. The van der Waals surface area contributed by atoms with Crippen LogP contribution in [-0.4, -0.2) is 27.3 Å². The Labute approximate surface area is 225 Å². The summed E-state index contributed by atoms with van der Waals surface area (Å²) in [7, 11) is 0. The maximum absolute atomic E-state index is 12.8. The van der Waals surface area contributed by atoms with Crippen LogP contribution in [0.1, 0.15) is 15.9 Å². The minimum atomic E-state index is -0.231. The van der Waals surface area contributed by atoms with Gasteiger partial charge in [0.25, 0.3) is 5.91 Å². The lowest BCUT2D eigenvalue weighted by atomic mass is 10.1. The molecule has 1 aliphatic rings. The van der Waals surface area contributed by atoms with Crippen LogP contribution >= 0.6 is 27.5 Å². The fourth-order valence-electron chi connectivity index (χ4n) is 4.06. The minimum Gasteiger partial charge on any atom is -0.454 e. The molecule has 0 saturated carbocycles. The molecule has 8 nitrogen and oxygen atoms in total. The molecule has 0 aliphatic carbocycles. The zero-order valence-electron chi connectivity index (χ0n) is 19.2. The number of halogens is 2. The van der Waals surface area contributed by atoms with Crippen LogP contribution in [0, 0.1) is 0 Å². The van der Waals surface area contributed by atoms with Gasteiger partial charge in [0.05, 0.1) is 16.4 Å². The van der Waals surface area contributed by atoms with Crippen LogP contribution in [0.5, 0.6) is 11.5 Å². The van der Waals surface area contributed by atoms with Crippen molar-refractivity contribution in [3.05, 3.63) is 99.6 Å². The first-order chi connectivity index (χ1) is 18.0. The zero-order chi connectivity index (χ0) is 25.4. The number of hydrogen-bond acceptors (Lipinski definition) is 6. The number of carbonyl (C=O) groups excluding carboxylic acids is 1. The Bertz CT molecular complexity index is 1650. The largest absolute Gasteiger partial charge is 0.454 e. The predicted octanol–water partition coefficient (Wildman–Crippen LogP) is 6.41. The van der Waals surface area contributed by atoms with E-state index in [1.165, 1.54) is 0 Å². The van der Waals surface area contributed by atoms with Gasteiger partial charge in [0.2, 0.25) is 6.79 Å². The molecule has 3 aromatic carbocycles. The number of nitrogens with one attached hydrogen (secondary N) is 2. The number of fused-ring (bicyclic) bond motifs is 2. The van der Waals surface area contributed by atoms with E-state index in [0.717, 1.165) is 27.1 Å². The van der Waals surface area contributed by atoms with E-state index in [0.29, 0.717) is 40.0 Å². The smallest absolute Gasteiger partial charge is 0.255 e. The van der Waals surface area contributed by atoms with E-state index in [1.54, 1.807) is 28.9 Å². The van der Waals surface area contributed by atoms with Crippen LogP contribution < -0.4 is 20.1 Å². The van der Waals surface area contributed by atoms with Crippen LogP contribution in [0.4, 0.5) is 11.5 Å². The summed E-state index contributed by atoms with van der Waals surface area (Å²) in [5.74, 6) is 1.72. The summed E-state index contributed by atoms with van der Waals surface area (Å²) >= 11 is 9.97. The highest BCUT2D eigenvalue weighted by atomic mass is 79.9. The second-order valence-corrected chi connectivity index (χ2v) is 9.57. The van der Waals surface area contributed by atoms with Gasteiger partial charge in [-0.2, -0.15) is 9.61 Å². The average molecular weight is 577 g/mol. The number of nitrogens with zero attached hydrogens (tertiary/aromatic N) is 3. The van der Waals surface area contributed by atoms with E-state index in [4.69, 9.17) is 26.1 Å². The Morgan fingerprint density at radius 3 is 2.78 bits per heavy atom. The summed E-state index contributed by atoms with van der Waals surface area (Å²) < 4.78 is 13.2. The molecule has 5 aromatic rings. The van der Waals surface area contributed by atoms with E-state index >= 15 is 0 Å². The second kappa shape index (κ2) is 9.76. The highest BCUT2D eigenvalue weighted by Gasteiger charge is 2.17. The number of benzene rings is 3. The van der Waals surface area contributed by atoms with Crippen molar-refractivity contribution in [2.45, 2.75) is 6.54 Å². The van der Waals surface area contributed by atoms with Gasteiger partial charge >= 0.3 is 0 Å². The number of amides is 1. The summed E-state index contributed by atoms with van der Waals surface area (Å²) in [4.78, 5) is 17.5. The van der Waals surface area contributed by atoms with Crippen LogP contribution in [-0.2, 0) is 6.54 Å². The number of hydrogen-bond donors (Lipinski definition) is 2. The highest BCUT2D eigenvalue weighted by molar-refractivity contribution is 9.10. The lowest BCUT2D eigenvalue weighted by molar-refractivity contribution is 0.102. The quantitative estimate of drug-likeness (QED) is 0.243. The molecule has 0 saturated heterocycles. The summed E-state index contributed by atoms with van der Waals surface area (Å²) in [5.41, 5.74) is 4.37. The lowest BCUT2D eigenvalue weighted by Crippen LogP contribution is -2.12. The summed E-state index contributed by atoms with van der Waals surface area (Å²) in [6.07, 6.45) is 1.70. The molecule has 0 unspecified atom stereocenters. The molecule has 0 fully saturated rings. The third kappa shape index (κ3) is 4.71. The fraction of sp³-hybridized carbons (Fsp3) is 0.0741. The van der Waals surface area contributed by atoms with Gasteiger partial charge < -0.3 is 20.1 Å². The molecule has 2 N–H and O–H groups in total. The molecule has 10 heteroatoms. The van der Waals surface area contributed by atoms with E-state index < -0.39 is 0 Å². The first kappa shape index (κ1) is 23.3. The first-order valence-corrected chi connectivity index (χ1v) is 12.6. The molecule has 1 amide bonds. The average Bonchev–Trinajstić information content (AvgIpc) is 3.54. The van der Waals surface area contributed by atoms with Crippen molar-refractivity contribution < 1.29 is 14.3 Å². The van der Waals surface area contributed by atoms with E-state index in [-0.39, 0.29) is 12.7 Å². The molecular weight excluding hydrogens is 558 g/mol. The van der Waals surface area contributed by atoms with Crippen molar-refractivity contribution in [3.63, 3.8) is 0 Å². The summed E-state index contributed by atoms with van der Waals surface area (Å²) in [5, 5.41) is 11.4. The Kier molecular flexibility index (Phi) is 6.15. The van der Waals surface area contributed by atoms with Crippen molar-refractivity contribution >= 4 is 50.6 Å². The molecule has 6 rings (SSSR count). The molecule has 2 aromatic heterocycles. The normalized spacial score (nSPS) is 12.1. The summed E-state index contributed by atoms with van der Waals surface area (Å²) in [6.45, 7) is 0.654. The molecule has 184 valence electrons. The number of carbonyl (C=O) groups is 1. The van der Waals surface area contributed by atoms with Gasteiger partial charge in [0, 0.05) is 34.4 Å². The molecule has 0 spiro atoms. The van der Waals surface area contributed by atoms with E-state index in [2.05, 4.69) is 31.7 Å². The van der Waals surface area contributed by atoms with Crippen molar-refractivity contribution in [3.8, 4) is 22.8 Å². The molecule has 1 aliphatic heterocycles. The summed E-state index contributed by atoms with van der Waals surface area (Å²) in [6, 6.07) is 22.3. The van der Waals surface area contributed by atoms with E-state index in [9.17, 15) is 4.79 Å². The van der Waals surface area contributed by atoms with Crippen molar-refractivity contribution in [1.29, 1.82) is 0 Å². The third-order valence-electron chi connectivity index (χ3n) is 5.87. The van der Waals surface area contributed by atoms with Gasteiger partial charge in [-0.05, 0) is 57.9 Å². The molecule has 3 heterocycles. The molecular formula is C27H19BrClN5O3. The SMILES string of the molecule is O=C(Nc1cccc(CNc2cc(-c3ccccc3Cl)nc3c(Br)cnn23)c1)c1ccc2c(c1)OCO2. The third-order valence-corrected chi connectivity index (χ3v) is 6.76. The maximum Gasteiger partial charge on any atom is 0.255 e. The molecule has 0 bridgehead atoms. The number of rotatable bonds is 6. The highest BCUT2D eigenvalue weighted by Crippen LogP contribution is 2.33. The van der Waals surface area contributed by atoms with Gasteiger partial charge in [-0.25, -0.2) is 4.98 Å². The second-order valence-electron chi connectivity index (χ2n) is 8.31. The van der Waals surface area contributed by atoms with Crippen LogP contribution in [0.15, 0.2) is 83.5 Å². The van der Waals surface area contributed by atoms with Gasteiger partial charge in [0.1, 0.15) is 5.82 Å². The predicted molar refractivity (Wildman–Crippen MR) is 145 cm³/mol.